The summed E-state index contributed by atoms with van der Waals surface area (Å²) in [5, 5.41) is 6.12. The zero-order valence-electron chi connectivity index (χ0n) is 14.0. The molecule has 0 aliphatic heterocycles. The predicted octanol–water partition coefficient (Wildman–Crippen LogP) is 3.05. The van der Waals surface area contributed by atoms with Gasteiger partial charge in [0, 0.05) is 19.0 Å². The van der Waals surface area contributed by atoms with Crippen LogP contribution < -0.4 is 10.6 Å². The van der Waals surface area contributed by atoms with Crippen molar-refractivity contribution in [2.24, 2.45) is 11.8 Å². The van der Waals surface area contributed by atoms with Crippen LogP contribution in [0.1, 0.15) is 63.8 Å². The Balaban J connectivity index is 2.91. The van der Waals surface area contributed by atoms with Crippen molar-refractivity contribution in [3.8, 4) is 0 Å². The van der Waals surface area contributed by atoms with Crippen LogP contribution >= 0.6 is 0 Å². The molecule has 21 heavy (non-hydrogen) atoms. The summed E-state index contributed by atoms with van der Waals surface area (Å²) in [4.78, 5) is 21.1. The molecule has 5 nitrogen and oxygen atoms in total. The lowest BCUT2D eigenvalue weighted by Gasteiger charge is -2.17. The highest BCUT2D eigenvalue weighted by Crippen LogP contribution is 2.16. The minimum atomic E-state index is -0.136. The van der Waals surface area contributed by atoms with E-state index in [-0.39, 0.29) is 11.8 Å². The Morgan fingerprint density at radius 1 is 1.24 bits per heavy atom. The molecule has 0 aromatic carbocycles. The zero-order chi connectivity index (χ0) is 16.0. The van der Waals surface area contributed by atoms with E-state index in [0.29, 0.717) is 35.6 Å². The quantitative estimate of drug-likeness (QED) is 0.810. The number of aromatic nitrogens is 2. The van der Waals surface area contributed by atoms with Gasteiger partial charge in [-0.3, -0.25) is 4.79 Å². The fourth-order valence-electron chi connectivity index (χ4n) is 1.74. The van der Waals surface area contributed by atoms with Gasteiger partial charge in [-0.25, -0.2) is 9.97 Å². The fraction of sp³-hybridized carbons (Fsp3) is 0.688. The highest BCUT2D eigenvalue weighted by atomic mass is 16.1. The van der Waals surface area contributed by atoms with Crippen molar-refractivity contribution in [3.05, 3.63) is 17.7 Å². The molecule has 118 valence electrons. The lowest BCUT2D eigenvalue weighted by Crippen LogP contribution is -2.31. The molecule has 5 heteroatoms. The van der Waals surface area contributed by atoms with Crippen LogP contribution in [-0.4, -0.2) is 29.0 Å². The second kappa shape index (κ2) is 7.96. The van der Waals surface area contributed by atoms with Crippen LogP contribution in [0.5, 0.6) is 0 Å². The van der Waals surface area contributed by atoms with E-state index in [1.54, 1.807) is 6.20 Å². The van der Waals surface area contributed by atoms with Crippen LogP contribution in [-0.2, 0) is 0 Å². The summed E-state index contributed by atoms with van der Waals surface area (Å²) in [5.74, 6) is 1.72. The number of carbonyl (C=O) groups excluding carboxylic acids is 1. The smallest absolute Gasteiger partial charge is 0.272 e. The van der Waals surface area contributed by atoms with Crippen LogP contribution in [0.25, 0.3) is 0 Å². The van der Waals surface area contributed by atoms with E-state index in [1.165, 1.54) is 0 Å². The van der Waals surface area contributed by atoms with Crippen molar-refractivity contribution in [1.29, 1.82) is 0 Å². The second-order valence-electron chi connectivity index (χ2n) is 6.11. The fourth-order valence-corrected chi connectivity index (χ4v) is 1.74. The molecule has 0 saturated heterocycles. The molecular formula is C16H28N4O. The first-order chi connectivity index (χ1) is 9.86. The second-order valence-corrected chi connectivity index (χ2v) is 6.11. The van der Waals surface area contributed by atoms with E-state index in [9.17, 15) is 4.79 Å². The summed E-state index contributed by atoms with van der Waals surface area (Å²) in [6.07, 6.45) is 1.70. The third-order valence-corrected chi connectivity index (χ3v) is 3.63. The molecule has 1 amide bonds. The van der Waals surface area contributed by atoms with Gasteiger partial charge in [-0.05, 0) is 18.8 Å². The molecule has 0 aliphatic rings. The van der Waals surface area contributed by atoms with E-state index in [0.717, 1.165) is 6.54 Å². The molecule has 2 N–H and O–H groups in total. The Hall–Kier alpha value is -1.65. The lowest BCUT2D eigenvalue weighted by molar-refractivity contribution is 0.0940. The minimum Gasteiger partial charge on any atom is -0.382 e. The summed E-state index contributed by atoms with van der Waals surface area (Å²) in [5.41, 5.74) is 1.13. The first-order valence-electron chi connectivity index (χ1n) is 7.75. The van der Waals surface area contributed by atoms with Crippen LogP contribution in [0.4, 0.5) is 5.69 Å². The molecule has 1 aromatic heterocycles. The number of amides is 1. The number of hydrogen-bond donors (Lipinski definition) is 2. The minimum absolute atomic E-state index is 0.136. The normalized spacial score (nSPS) is 12.6. The van der Waals surface area contributed by atoms with Gasteiger partial charge in [-0.2, -0.15) is 0 Å². The zero-order valence-corrected chi connectivity index (χ0v) is 14.0. The Morgan fingerprint density at radius 3 is 2.43 bits per heavy atom. The van der Waals surface area contributed by atoms with Crippen LogP contribution in [0, 0.1) is 11.8 Å². The Bertz CT molecular complexity index is 471. The Morgan fingerprint density at radius 2 is 1.90 bits per heavy atom. The molecule has 1 rings (SSSR count). The SMILES string of the molecule is CCNc1cnc(C(C)C)nc1C(=O)NCC(C)C(C)C. The van der Waals surface area contributed by atoms with Gasteiger partial charge in [-0.15, -0.1) is 0 Å². The molecule has 0 aliphatic carbocycles. The van der Waals surface area contributed by atoms with Crippen molar-refractivity contribution in [2.45, 2.75) is 47.5 Å². The molecular weight excluding hydrogens is 264 g/mol. The molecule has 1 atom stereocenters. The monoisotopic (exact) mass is 292 g/mol. The number of rotatable bonds is 7. The number of nitrogens with one attached hydrogen (secondary N) is 2. The van der Waals surface area contributed by atoms with Gasteiger partial charge >= 0.3 is 0 Å². The Kier molecular flexibility index (Phi) is 6.59. The summed E-state index contributed by atoms with van der Waals surface area (Å²) < 4.78 is 0. The molecule has 0 radical (unpaired) electrons. The van der Waals surface area contributed by atoms with Crippen LogP contribution in [0.15, 0.2) is 6.20 Å². The number of hydrogen-bond acceptors (Lipinski definition) is 4. The first-order valence-corrected chi connectivity index (χ1v) is 7.75. The maximum absolute atomic E-state index is 12.4. The Labute approximate surface area is 128 Å². The molecule has 1 aromatic rings. The number of carbonyl (C=O) groups is 1. The van der Waals surface area contributed by atoms with Gasteiger partial charge < -0.3 is 10.6 Å². The van der Waals surface area contributed by atoms with E-state index < -0.39 is 0 Å². The number of nitrogens with zero attached hydrogens (tertiary/aromatic N) is 2. The van der Waals surface area contributed by atoms with Gasteiger partial charge in [-0.1, -0.05) is 34.6 Å². The van der Waals surface area contributed by atoms with Gasteiger partial charge in [0.05, 0.1) is 11.9 Å². The average Bonchev–Trinajstić information content (AvgIpc) is 2.44. The third kappa shape index (κ3) is 4.99. The number of anilines is 1. The topological polar surface area (TPSA) is 66.9 Å². The third-order valence-electron chi connectivity index (χ3n) is 3.63. The highest BCUT2D eigenvalue weighted by Gasteiger charge is 2.17. The molecule has 1 heterocycles. The summed E-state index contributed by atoms with van der Waals surface area (Å²) in [6, 6.07) is 0. The van der Waals surface area contributed by atoms with Crippen molar-refractivity contribution >= 4 is 11.6 Å². The summed E-state index contributed by atoms with van der Waals surface area (Å²) in [7, 11) is 0. The molecule has 0 fully saturated rings. The first kappa shape index (κ1) is 17.4. The van der Waals surface area contributed by atoms with Gasteiger partial charge in [0.15, 0.2) is 5.69 Å². The van der Waals surface area contributed by atoms with Gasteiger partial charge in [0.2, 0.25) is 0 Å². The largest absolute Gasteiger partial charge is 0.382 e. The highest BCUT2D eigenvalue weighted by molar-refractivity contribution is 5.97. The average molecular weight is 292 g/mol. The predicted molar refractivity (Wildman–Crippen MR) is 86.6 cm³/mol. The molecule has 1 unspecified atom stereocenters. The van der Waals surface area contributed by atoms with E-state index in [4.69, 9.17) is 0 Å². The van der Waals surface area contributed by atoms with E-state index in [2.05, 4.69) is 41.4 Å². The lowest BCUT2D eigenvalue weighted by atomic mass is 9.98. The standard InChI is InChI=1S/C16H28N4O/c1-7-17-13-9-18-15(11(4)5)20-14(13)16(21)19-8-12(6)10(2)3/h9-12,17H,7-8H2,1-6H3,(H,19,21). The van der Waals surface area contributed by atoms with E-state index >= 15 is 0 Å². The maximum Gasteiger partial charge on any atom is 0.272 e. The molecule has 0 spiro atoms. The summed E-state index contributed by atoms with van der Waals surface area (Å²) >= 11 is 0. The molecule has 0 bridgehead atoms. The van der Waals surface area contributed by atoms with Crippen molar-refractivity contribution in [2.75, 3.05) is 18.4 Å². The van der Waals surface area contributed by atoms with Crippen molar-refractivity contribution < 1.29 is 4.79 Å². The molecule has 0 saturated carbocycles. The maximum atomic E-state index is 12.4. The van der Waals surface area contributed by atoms with E-state index in [1.807, 2.05) is 20.8 Å². The van der Waals surface area contributed by atoms with Crippen molar-refractivity contribution in [1.82, 2.24) is 15.3 Å². The summed E-state index contributed by atoms with van der Waals surface area (Å²) in [6.45, 7) is 13.9. The van der Waals surface area contributed by atoms with Crippen molar-refractivity contribution in [3.63, 3.8) is 0 Å². The van der Waals surface area contributed by atoms with Gasteiger partial charge in [0.1, 0.15) is 5.82 Å². The van der Waals surface area contributed by atoms with Crippen LogP contribution in [0.2, 0.25) is 0 Å². The van der Waals surface area contributed by atoms with Gasteiger partial charge in [0.25, 0.3) is 5.91 Å². The van der Waals surface area contributed by atoms with Crippen LogP contribution in [0.3, 0.4) is 0 Å².